The monoisotopic (exact) mass is 599 g/mol. The normalized spacial score (nSPS) is 29.7. The number of amides is 3. The van der Waals surface area contributed by atoms with E-state index in [1.807, 2.05) is 93.3 Å². The lowest BCUT2D eigenvalue weighted by atomic mass is 9.78. The minimum absolute atomic E-state index is 0.0286. The second-order valence-corrected chi connectivity index (χ2v) is 14.0. The van der Waals surface area contributed by atoms with Crippen molar-refractivity contribution in [1.29, 1.82) is 0 Å². The predicted molar refractivity (Wildman–Crippen MR) is 170 cm³/mol. The predicted octanol–water partition coefficient (Wildman–Crippen LogP) is 4.51. The summed E-state index contributed by atoms with van der Waals surface area (Å²) in [6.07, 6.45) is 8.92. The topological polar surface area (TPSA) is 81.2 Å². The zero-order valence-electron chi connectivity index (χ0n) is 25.3. The van der Waals surface area contributed by atoms with Crippen LogP contribution in [0.25, 0.3) is 0 Å². The van der Waals surface area contributed by atoms with E-state index in [2.05, 4.69) is 12.2 Å². The summed E-state index contributed by atoms with van der Waals surface area (Å²) >= 11 is 1.59. The SMILES string of the molecule is CC[C@H](C)[C@H](CO)N1C(=O)[C@@H]2[C@H]3C(=O)N(Cc4ccccc4)CC=C[C@H]3S[C@@]23C=CCN(c2cc(C)ccc2C)C(=O)C13. The molecule has 7 atom stereocenters. The van der Waals surface area contributed by atoms with E-state index in [1.54, 1.807) is 21.6 Å². The number of likely N-dealkylation sites (tertiary alicyclic amines) is 1. The third kappa shape index (κ3) is 4.83. The van der Waals surface area contributed by atoms with Crippen LogP contribution in [0, 0.1) is 31.6 Å². The molecule has 0 radical (unpaired) electrons. The molecule has 0 bridgehead atoms. The molecule has 226 valence electrons. The van der Waals surface area contributed by atoms with Crippen LogP contribution in [0.2, 0.25) is 0 Å². The van der Waals surface area contributed by atoms with Crippen LogP contribution < -0.4 is 4.90 Å². The summed E-state index contributed by atoms with van der Waals surface area (Å²) in [6, 6.07) is 14.6. The third-order valence-electron chi connectivity index (χ3n) is 9.90. The van der Waals surface area contributed by atoms with Crippen LogP contribution >= 0.6 is 11.8 Å². The zero-order chi connectivity index (χ0) is 30.5. The Bertz CT molecular complexity index is 1470. The van der Waals surface area contributed by atoms with Gasteiger partial charge in [-0.2, -0.15) is 0 Å². The maximum atomic E-state index is 14.9. The molecule has 2 fully saturated rings. The van der Waals surface area contributed by atoms with Crippen molar-refractivity contribution in [3.8, 4) is 0 Å². The van der Waals surface area contributed by atoms with Crippen molar-refractivity contribution in [2.24, 2.45) is 17.8 Å². The lowest BCUT2D eigenvalue weighted by Crippen LogP contribution is -2.58. The highest BCUT2D eigenvalue weighted by molar-refractivity contribution is 8.02. The van der Waals surface area contributed by atoms with Crippen LogP contribution in [0.4, 0.5) is 5.69 Å². The number of thioether (sulfide) groups is 1. The zero-order valence-corrected chi connectivity index (χ0v) is 26.2. The van der Waals surface area contributed by atoms with Gasteiger partial charge >= 0.3 is 0 Å². The number of anilines is 1. The molecule has 1 N–H and O–H groups in total. The highest BCUT2D eigenvalue weighted by Gasteiger charge is 2.72. The number of aryl methyl sites for hydroxylation is 2. The molecule has 6 rings (SSSR count). The summed E-state index contributed by atoms with van der Waals surface area (Å²) in [6.45, 7) is 9.13. The summed E-state index contributed by atoms with van der Waals surface area (Å²) in [4.78, 5) is 49.3. The number of aliphatic hydroxyl groups excluding tert-OH is 1. The van der Waals surface area contributed by atoms with Crippen LogP contribution in [-0.2, 0) is 20.9 Å². The Morgan fingerprint density at radius 2 is 1.77 bits per heavy atom. The van der Waals surface area contributed by atoms with Gasteiger partial charge in [0.2, 0.25) is 11.8 Å². The molecule has 2 saturated heterocycles. The summed E-state index contributed by atoms with van der Waals surface area (Å²) in [5.41, 5.74) is 3.89. The average Bonchev–Trinajstić information content (AvgIpc) is 3.32. The van der Waals surface area contributed by atoms with Gasteiger partial charge in [-0.05, 0) is 42.5 Å². The fraction of sp³-hybridized carbons (Fsp3) is 0.457. The number of hydrogen-bond donors (Lipinski definition) is 1. The van der Waals surface area contributed by atoms with Gasteiger partial charge in [0.15, 0.2) is 0 Å². The lowest BCUT2D eigenvalue weighted by molar-refractivity contribution is -0.145. The highest BCUT2D eigenvalue weighted by atomic mass is 32.2. The summed E-state index contributed by atoms with van der Waals surface area (Å²) in [5, 5.41) is 10.5. The van der Waals surface area contributed by atoms with Crippen molar-refractivity contribution in [2.45, 2.75) is 62.7 Å². The van der Waals surface area contributed by atoms with E-state index < -0.39 is 28.7 Å². The Morgan fingerprint density at radius 3 is 2.49 bits per heavy atom. The van der Waals surface area contributed by atoms with Crippen molar-refractivity contribution in [1.82, 2.24) is 9.80 Å². The molecule has 2 aromatic carbocycles. The minimum Gasteiger partial charge on any atom is -0.394 e. The Labute approximate surface area is 258 Å². The molecular formula is C35H41N3O4S. The number of rotatable bonds is 7. The molecule has 0 aromatic heterocycles. The largest absolute Gasteiger partial charge is 0.394 e. The van der Waals surface area contributed by atoms with E-state index in [0.29, 0.717) is 19.6 Å². The van der Waals surface area contributed by atoms with Crippen LogP contribution in [0.5, 0.6) is 0 Å². The van der Waals surface area contributed by atoms with Crippen molar-refractivity contribution < 1.29 is 19.5 Å². The first-order valence-electron chi connectivity index (χ1n) is 15.4. The standard InChI is InChI=1S/C35H41N3O4S/c1-5-23(3)27(21-39)38-31-34(42)37(26-19-22(2)14-15-24(26)4)18-10-16-35(31)30(33(38)41)29-28(43-35)13-9-17-36(32(29)40)20-25-11-7-6-8-12-25/h6-16,19,23,27-31,39H,5,17-18,20-21H2,1-4H3/t23-,27-,28+,29-,30-,31?,35-/m0/s1. The fourth-order valence-corrected chi connectivity index (χ4v) is 9.47. The molecule has 43 heavy (non-hydrogen) atoms. The molecule has 1 unspecified atom stereocenters. The van der Waals surface area contributed by atoms with Gasteiger partial charge in [-0.25, -0.2) is 0 Å². The molecule has 4 aliphatic rings. The molecule has 7 nitrogen and oxygen atoms in total. The molecule has 8 heteroatoms. The number of carbonyl (C=O) groups is 3. The van der Waals surface area contributed by atoms with Crippen LogP contribution in [0.15, 0.2) is 72.8 Å². The number of benzene rings is 2. The fourth-order valence-electron chi connectivity index (χ4n) is 7.47. The van der Waals surface area contributed by atoms with Crippen LogP contribution in [0.1, 0.15) is 37.0 Å². The number of nitrogens with zero attached hydrogens (tertiary/aromatic N) is 3. The van der Waals surface area contributed by atoms with Gasteiger partial charge in [0.25, 0.3) is 5.91 Å². The van der Waals surface area contributed by atoms with Gasteiger partial charge in [0.05, 0.1) is 29.2 Å². The summed E-state index contributed by atoms with van der Waals surface area (Å²) in [7, 11) is 0. The van der Waals surface area contributed by atoms with Crippen molar-refractivity contribution in [3.05, 3.63) is 89.5 Å². The van der Waals surface area contributed by atoms with Crippen molar-refractivity contribution >= 4 is 35.2 Å². The van der Waals surface area contributed by atoms with Gasteiger partial charge in [-0.1, -0.05) is 87.0 Å². The van der Waals surface area contributed by atoms with Gasteiger partial charge in [-0.15, -0.1) is 11.8 Å². The molecule has 4 aliphatic heterocycles. The number of hydrogen-bond acceptors (Lipinski definition) is 5. The number of carbonyl (C=O) groups excluding carboxylic acids is 3. The van der Waals surface area contributed by atoms with Crippen molar-refractivity contribution in [2.75, 3.05) is 24.6 Å². The average molecular weight is 600 g/mol. The molecule has 0 aliphatic carbocycles. The van der Waals surface area contributed by atoms with E-state index >= 15 is 0 Å². The van der Waals surface area contributed by atoms with Gasteiger partial charge in [0.1, 0.15) is 6.04 Å². The first-order valence-corrected chi connectivity index (χ1v) is 16.3. The maximum Gasteiger partial charge on any atom is 0.251 e. The Morgan fingerprint density at radius 1 is 1.00 bits per heavy atom. The van der Waals surface area contributed by atoms with Crippen LogP contribution in [0.3, 0.4) is 0 Å². The van der Waals surface area contributed by atoms with E-state index in [-0.39, 0.29) is 35.5 Å². The first kappa shape index (κ1) is 29.7. The first-order chi connectivity index (χ1) is 20.7. The maximum absolute atomic E-state index is 14.9. The number of fused-ring (bicyclic) bond motifs is 2. The second kappa shape index (κ2) is 11.6. The Balaban J connectivity index is 1.46. The highest BCUT2D eigenvalue weighted by Crippen LogP contribution is 2.61. The minimum atomic E-state index is -0.924. The van der Waals surface area contributed by atoms with Gasteiger partial charge in [-0.3, -0.25) is 14.4 Å². The van der Waals surface area contributed by atoms with E-state index in [0.717, 1.165) is 28.8 Å². The Kier molecular flexibility index (Phi) is 8.03. The van der Waals surface area contributed by atoms with Crippen molar-refractivity contribution in [3.63, 3.8) is 0 Å². The van der Waals surface area contributed by atoms with E-state index in [4.69, 9.17) is 0 Å². The molecule has 4 heterocycles. The number of aliphatic hydroxyl groups is 1. The quantitative estimate of drug-likeness (QED) is 0.474. The molecule has 3 amide bonds. The summed E-state index contributed by atoms with van der Waals surface area (Å²) in [5.74, 6) is -1.75. The van der Waals surface area contributed by atoms with Gasteiger partial charge < -0.3 is 19.8 Å². The molecule has 2 aromatic rings. The molecule has 0 saturated carbocycles. The second-order valence-electron chi connectivity index (χ2n) is 12.5. The van der Waals surface area contributed by atoms with E-state index in [1.165, 1.54) is 0 Å². The lowest BCUT2D eigenvalue weighted by Gasteiger charge is -2.40. The smallest absolute Gasteiger partial charge is 0.251 e. The molecular weight excluding hydrogens is 558 g/mol. The summed E-state index contributed by atoms with van der Waals surface area (Å²) < 4.78 is -0.924. The molecule has 1 spiro atoms. The Hall–Kier alpha value is -3.36. The van der Waals surface area contributed by atoms with E-state index in [9.17, 15) is 19.5 Å². The van der Waals surface area contributed by atoms with Crippen LogP contribution in [-0.4, -0.2) is 74.4 Å². The third-order valence-corrected chi connectivity index (χ3v) is 11.6. The van der Waals surface area contributed by atoms with Gasteiger partial charge in [0, 0.05) is 30.6 Å².